The quantitative estimate of drug-likeness (QED) is 0.756. The normalized spacial score (nSPS) is 12.5. The lowest BCUT2D eigenvalue weighted by Gasteiger charge is -2.17. The van der Waals surface area contributed by atoms with Crippen molar-refractivity contribution in [1.29, 1.82) is 0 Å². The van der Waals surface area contributed by atoms with Gasteiger partial charge in [-0.25, -0.2) is 0 Å². The van der Waals surface area contributed by atoms with E-state index in [-0.39, 0.29) is 6.04 Å². The van der Waals surface area contributed by atoms with Gasteiger partial charge in [0.25, 0.3) is 0 Å². The number of hydrogen-bond donors (Lipinski definition) is 1. The molecule has 0 saturated heterocycles. The molecule has 1 unspecified atom stereocenters. The van der Waals surface area contributed by atoms with Gasteiger partial charge in [0.15, 0.2) is 0 Å². The second kappa shape index (κ2) is 5.65. The number of benzene rings is 2. The maximum Gasteiger partial charge on any atom is 0.0509 e. The van der Waals surface area contributed by atoms with Crippen molar-refractivity contribution >= 4 is 10.8 Å². The van der Waals surface area contributed by atoms with E-state index < -0.39 is 0 Å². The molecule has 1 N–H and O–H groups in total. The van der Waals surface area contributed by atoms with Gasteiger partial charge < -0.3 is 5.32 Å². The Kier molecular flexibility index (Phi) is 3.94. The van der Waals surface area contributed by atoms with Crippen molar-refractivity contribution in [2.45, 2.75) is 19.4 Å². The third-order valence-electron chi connectivity index (χ3n) is 3.01. The van der Waals surface area contributed by atoms with Gasteiger partial charge in [-0.2, -0.15) is 0 Å². The molecule has 1 heteroatoms. The zero-order valence-corrected chi connectivity index (χ0v) is 10.3. The Hall–Kier alpha value is -1.60. The molecule has 0 heterocycles. The number of rotatable bonds is 5. The van der Waals surface area contributed by atoms with E-state index in [9.17, 15) is 0 Å². The summed E-state index contributed by atoms with van der Waals surface area (Å²) in [6, 6.07) is 15.2. The number of nitrogens with one attached hydrogen (secondary N) is 1. The van der Waals surface area contributed by atoms with Crippen LogP contribution in [0.5, 0.6) is 0 Å². The van der Waals surface area contributed by atoms with Crippen molar-refractivity contribution in [1.82, 2.24) is 5.32 Å². The first-order valence-electron chi connectivity index (χ1n) is 6.20. The minimum absolute atomic E-state index is 0.237. The third kappa shape index (κ3) is 2.56. The predicted octanol–water partition coefficient (Wildman–Crippen LogP) is 4.07. The molecular formula is C16H19N. The highest BCUT2D eigenvalue weighted by Crippen LogP contribution is 2.24. The SMILES string of the molecule is C=CC(NCCC)c1cccc2ccccc12. The highest BCUT2D eigenvalue weighted by Gasteiger charge is 2.09. The lowest BCUT2D eigenvalue weighted by molar-refractivity contribution is 0.616. The van der Waals surface area contributed by atoms with Crippen LogP contribution in [0.4, 0.5) is 0 Å². The van der Waals surface area contributed by atoms with Gasteiger partial charge in [-0.05, 0) is 29.3 Å². The van der Waals surface area contributed by atoms with Crippen LogP contribution in [0.2, 0.25) is 0 Å². The average Bonchev–Trinajstić information content (AvgIpc) is 2.40. The molecule has 0 saturated carbocycles. The second-order valence-electron chi connectivity index (χ2n) is 4.24. The van der Waals surface area contributed by atoms with E-state index in [1.165, 1.54) is 16.3 Å². The molecule has 17 heavy (non-hydrogen) atoms. The van der Waals surface area contributed by atoms with Gasteiger partial charge in [0, 0.05) is 0 Å². The van der Waals surface area contributed by atoms with Crippen LogP contribution in [-0.4, -0.2) is 6.54 Å². The monoisotopic (exact) mass is 225 g/mol. The van der Waals surface area contributed by atoms with E-state index in [0.29, 0.717) is 0 Å². The summed E-state index contributed by atoms with van der Waals surface area (Å²) in [6.45, 7) is 7.13. The Morgan fingerprint density at radius 2 is 1.94 bits per heavy atom. The van der Waals surface area contributed by atoms with E-state index in [1.807, 2.05) is 6.08 Å². The zero-order chi connectivity index (χ0) is 12.1. The molecule has 0 fully saturated rings. The summed E-state index contributed by atoms with van der Waals surface area (Å²) in [7, 11) is 0. The second-order valence-corrected chi connectivity index (χ2v) is 4.24. The first-order chi connectivity index (χ1) is 8.36. The van der Waals surface area contributed by atoms with Crippen molar-refractivity contribution in [3.05, 3.63) is 60.7 Å². The molecule has 0 amide bonds. The molecule has 0 aliphatic rings. The van der Waals surface area contributed by atoms with Crippen LogP contribution in [0.15, 0.2) is 55.1 Å². The van der Waals surface area contributed by atoms with Crippen LogP contribution in [0.25, 0.3) is 10.8 Å². The molecule has 0 spiro atoms. The first kappa shape index (κ1) is 11.9. The van der Waals surface area contributed by atoms with Crippen LogP contribution in [0, 0.1) is 0 Å². The summed E-state index contributed by atoms with van der Waals surface area (Å²) in [5.41, 5.74) is 1.31. The number of hydrogen-bond acceptors (Lipinski definition) is 1. The Bertz CT molecular complexity index is 496. The summed E-state index contributed by atoms with van der Waals surface area (Å²) in [5.74, 6) is 0. The summed E-state index contributed by atoms with van der Waals surface area (Å²) in [4.78, 5) is 0. The molecule has 1 atom stereocenters. The summed E-state index contributed by atoms with van der Waals surface area (Å²) < 4.78 is 0. The Morgan fingerprint density at radius 3 is 2.71 bits per heavy atom. The van der Waals surface area contributed by atoms with Gasteiger partial charge in [-0.3, -0.25) is 0 Å². The van der Waals surface area contributed by atoms with Gasteiger partial charge in [0.2, 0.25) is 0 Å². The first-order valence-corrected chi connectivity index (χ1v) is 6.20. The fourth-order valence-corrected chi connectivity index (χ4v) is 2.14. The zero-order valence-electron chi connectivity index (χ0n) is 10.3. The standard InChI is InChI=1S/C16H19N/c1-3-12-17-16(4-2)15-11-7-9-13-8-5-6-10-14(13)15/h4-11,16-17H,2-3,12H2,1H3. The number of fused-ring (bicyclic) bond motifs is 1. The van der Waals surface area contributed by atoms with E-state index in [1.54, 1.807) is 0 Å². The summed E-state index contributed by atoms with van der Waals surface area (Å²) in [5, 5.41) is 6.11. The molecule has 0 aliphatic heterocycles. The van der Waals surface area contributed by atoms with Crippen LogP contribution >= 0.6 is 0 Å². The summed E-state index contributed by atoms with van der Waals surface area (Å²) in [6.07, 6.45) is 3.12. The Labute approximate surface area is 103 Å². The Balaban J connectivity index is 2.42. The van der Waals surface area contributed by atoms with Crippen LogP contribution in [0.3, 0.4) is 0 Å². The maximum absolute atomic E-state index is 3.93. The largest absolute Gasteiger partial charge is 0.307 e. The average molecular weight is 225 g/mol. The van der Waals surface area contributed by atoms with Crippen LogP contribution in [-0.2, 0) is 0 Å². The van der Waals surface area contributed by atoms with E-state index in [0.717, 1.165) is 13.0 Å². The van der Waals surface area contributed by atoms with Crippen molar-refractivity contribution in [3.8, 4) is 0 Å². The molecular weight excluding hydrogens is 206 g/mol. The summed E-state index contributed by atoms with van der Waals surface area (Å²) >= 11 is 0. The van der Waals surface area contributed by atoms with E-state index >= 15 is 0 Å². The minimum atomic E-state index is 0.237. The van der Waals surface area contributed by atoms with Gasteiger partial charge in [-0.15, -0.1) is 6.58 Å². The molecule has 2 aromatic carbocycles. The maximum atomic E-state index is 3.93. The van der Waals surface area contributed by atoms with Crippen molar-refractivity contribution in [3.63, 3.8) is 0 Å². The van der Waals surface area contributed by atoms with Gasteiger partial charge in [0.1, 0.15) is 0 Å². The van der Waals surface area contributed by atoms with Crippen LogP contribution < -0.4 is 5.32 Å². The van der Waals surface area contributed by atoms with Crippen molar-refractivity contribution in [2.24, 2.45) is 0 Å². The van der Waals surface area contributed by atoms with Crippen molar-refractivity contribution in [2.75, 3.05) is 6.54 Å². The van der Waals surface area contributed by atoms with E-state index in [4.69, 9.17) is 0 Å². The van der Waals surface area contributed by atoms with E-state index in [2.05, 4.69) is 61.3 Å². The molecule has 2 aromatic rings. The minimum Gasteiger partial charge on any atom is -0.307 e. The van der Waals surface area contributed by atoms with Crippen LogP contribution in [0.1, 0.15) is 24.9 Å². The molecule has 0 aromatic heterocycles. The molecule has 88 valence electrons. The van der Waals surface area contributed by atoms with Gasteiger partial charge in [-0.1, -0.05) is 55.5 Å². The fraction of sp³-hybridized carbons (Fsp3) is 0.250. The smallest absolute Gasteiger partial charge is 0.0509 e. The fourth-order valence-electron chi connectivity index (χ4n) is 2.14. The highest BCUT2D eigenvalue weighted by molar-refractivity contribution is 5.86. The lowest BCUT2D eigenvalue weighted by Crippen LogP contribution is -2.20. The molecule has 0 bridgehead atoms. The molecule has 0 aliphatic carbocycles. The molecule has 2 rings (SSSR count). The lowest BCUT2D eigenvalue weighted by atomic mass is 9.98. The topological polar surface area (TPSA) is 12.0 Å². The Morgan fingerprint density at radius 1 is 1.18 bits per heavy atom. The third-order valence-corrected chi connectivity index (χ3v) is 3.01. The predicted molar refractivity (Wildman–Crippen MR) is 75.2 cm³/mol. The van der Waals surface area contributed by atoms with Gasteiger partial charge >= 0.3 is 0 Å². The van der Waals surface area contributed by atoms with Crippen molar-refractivity contribution < 1.29 is 0 Å². The highest BCUT2D eigenvalue weighted by atomic mass is 14.9. The molecule has 1 nitrogen and oxygen atoms in total. The molecule has 0 radical (unpaired) electrons. The van der Waals surface area contributed by atoms with Gasteiger partial charge in [0.05, 0.1) is 6.04 Å².